The summed E-state index contributed by atoms with van der Waals surface area (Å²) in [4.78, 5) is 0. The molecular weight excluding hydrogens is 264 g/mol. The normalized spacial score (nSPS) is 10.8. The first-order chi connectivity index (χ1) is 8.74. The quantitative estimate of drug-likeness (QED) is 0.737. The van der Waals surface area contributed by atoms with Gasteiger partial charge in [0.15, 0.2) is 0 Å². The lowest BCUT2D eigenvalue weighted by molar-refractivity contribution is 0.566. The minimum absolute atomic E-state index is 0.767. The van der Waals surface area contributed by atoms with E-state index in [-0.39, 0.29) is 0 Å². The van der Waals surface area contributed by atoms with Crippen LogP contribution in [0.25, 0.3) is 11.3 Å². The summed E-state index contributed by atoms with van der Waals surface area (Å²) in [6, 6.07) is 10.1. The SMILES string of the molecule is CCCCn1nc(SC)cc1-c1ccc(Cl)cc1. The highest BCUT2D eigenvalue weighted by Gasteiger charge is 2.09. The van der Waals surface area contributed by atoms with E-state index in [1.165, 1.54) is 17.7 Å². The molecule has 0 unspecified atom stereocenters. The smallest absolute Gasteiger partial charge is 0.118 e. The van der Waals surface area contributed by atoms with E-state index < -0.39 is 0 Å². The maximum absolute atomic E-state index is 5.93. The summed E-state index contributed by atoms with van der Waals surface area (Å²) in [5, 5.41) is 6.44. The third-order valence-electron chi connectivity index (χ3n) is 2.83. The summed E-state index contributed by atoms with van der Waals surface area (Å²) < 4.78 is 2.10. The summed E-state index contributed by atoms with van der Waals surface area (Å²) in [6.45, 7) is 3.16. The van der Waals surface area contributed by atoms with E-state index in [1.807, 2.05) is 24.3 Å². The van der Waals surface area contributed by atoms with Gasteiger partial charge in [0.1, 0.15) is 5.03 Å². The van der Waals surface area contributed by atoms with Crippen LogP contribution in [0.4, 0.5) is 0 Å². The van der Waals surface area contributed by atoms with Crippen LogP contribution in [-0.2, 0) is 6.54 Å². The van der Waals surface area contributed by atoms with Crippen molar-refractivity contribution in [2.24, 2.45) is 0 Å². The summed E-state index contributed by atoms with van der Waals surface area (Å²) in [5.74, 6) is 0. The van der Waals surface area contributed by atoms with E-state index >= 15 is 0 Å². The maximum Gasteiger partial charge on any atom is 0.118 e. The van der Waals surface area contributed by atoms with Crippen molar-refractivity contribution in [1.82, 2.24) is 9.78 Å². The van der Waals surface area contributed by atoms with Gasteiger partial charge in [-0.15, -0.1) is 11.8 Å². The molecule has 0 saturated carbocycles. The van der Waals surface area contributed by atoms with E-state index in [2.05, 4.69) is 29.0 Å². The lowest BCUT2D eigenvalue weighted by Gasteiger charge is -2.06. The monoisotopic (exact) mass is 280 g/mol. The average molecular weight is 281 g/mol. The summed E-state index contributed by atoms with van der Waals surface area (Å²) in [6.07, 6.45) is 4.38. The molecule has 0 radical (unpaired) electrons. The first-order valence-electron chi connectivity index (χ1n) is 6.12. The van der Waals surface area contributed by atoms with Gasteiger partial charge >= 0.3 is 0 Å². The Kier molecular flexibility index (Phi) is 4.72. The molecule has 2 rings (SSSR count). The Bertz CT molecular complexity index is 505. The predicted octanol–water partition coefficient (Wildman–Crippen LogP) is 4.73. The molecule has 0 N–H and O–H groups in total. The van der Waals surface area contributed by atoms with Crippen LogP contribution in [0, 0.1) is 0 Å². The Hall–Kier alpha value is -0.930. The zero-order valence-electron chi connectivity index (χ0n) is 10.7. The number of hydrogen-bond acceptors (Lipinski definition) is 2. The molecule has 18 heavy (non-hydrogen) atoms. The van der Waals surface area contributed by atoms with Crippen LogP contribution >= 0.6 is 23.4 Å². The van der Waals surface area contributed by atoms with E-state index in [9.17, 15) is 0 Å². The lowest BCUT2D eigenvalue weighted by Crippen LogP contribution is -2.02. The fourth-order valence-corrected chi connectivity index (χ4v) is 2.36. The first kappa shape index (κ1) is 13.5. The van der Waals surface area contributed by atoms with Gasteiger partial charge in [-0.2, -0.15) is 5.10 Å². The van der Waals surface area contributed by atoms with E-state index in [4.69, 9.17) is 11.6 Å². The summed E-state index contributed by atoms with van der Waals surface area (Å²) in [7, 11) is 0. The van der Waals surface area contributed by atoms with Crippen LogP contribution < -0.4 is 0 Å². The summed E-state index contributed by atoms with van der Waals surface area (Å²) in [5.41, 5.74) is 2.34. The van der Waals surface area contributed by atoms with Gasteiger partial charge < -0.3 is 0 Å². The molecule has 0 atom stereocenters. The molecule has 0 saturated heterocycles. The van der Waals surface area contributed by atoms with Crippen LogP contribution in [-0.4, -0.2) is 16.0 Å². The van der Waals surface area contributed by atoms with Crippen molar-refractivity contribution >= 4 is 23.4 Å². The van der Waals surface area contributed by atoms with Crippen molar-refractivity contribution in [3.63, 3.8) is 0 Å². The van der Waals surface area contributed by atoms with E-state index in [0.29, 0.717) is 0 Å². The number of unbranched alkanes of at least 4 members (excludes halogenated alkanes) is 1. The molecule has 0 spiro atoms. The fraction of sp³-hybridized carbons (Fsp3) is 0.357. The predicted molar refractivity (Wildman–Crippen MR) is 79.4 cm³/mol. The van der Waals surface area contributed by atoms with Gasteiger partial charge in [0.05, 0.1) is 5.69 Å². The topological polar surface area (TPSA) is 17.8 Å². The molecule has 0 fully saturated rings. The van der Waals surface area contributed by atoms with Crippen LogP contribution in [0.2, 0.25) is 5.02 Å². The van der Waals surface area contributed by atoms with Gasteiger partial charge in [0.2, 0.25) is 0 Å². The minimum Gasteiger partial charge on any atom is -0.264 e. The number of rotatable bonds is 5. The highest BCUT2D eigenvalue weighted by atomic mass is 35.5. The van der Waals surface area contributed by atoms with Gasteiger partial charge in [-0.1, -0.05) is 37.1 Å². The van der Waals surface area contributed by atoms with Crippen LogP contribution in [0.1, 0.15) is 19.8 Å². The zero-order chi connectivity index (χ0) is 13.0. The number of aromatic nitrogens is 2. The Morgan fingerprint density at radius 2 is 2.00 bits per heavy atom. The molecule has 2 aromatic rings. The molecule has 1 heterocycles. The van der Waals surface area contributed by atoms with Gasteiger partial charge in [-0.25, -0.2) is 0 Å². The number of thioether (sulfide) groups is 1. The molecule has 1 aromatic heterocycles. The van der Waals surface area contributed by atoms with Crippen molar-refractivity contribution in [2.75, 3.05) is 6.26 Å². The van der Waals surface area contributed by atoms with Crippen LogP contribution in [0.15, 0.2) is 35.4 Å². The molecule has 0 aliphatic rings. The highest BCUT2D eigenvalue weighted by molar-refractivity contribution is 7.98. The van der Waals surface area contributed by atoms with Crippen LogP contribution in [0.5, 0.6) is 0 Å². The molecule has 1 aromatic carbocycles. The molecular formula is C14H17ClN2S. The van der Waals surface area contributed by atoms with Crippen molar-refractivity contribution < 1.29 is 0 Å². The number of nitrogens with zero attached hydrogens (tertiary/aromatic N) is 2. The third-order valence-corrected chi connectivity index (χ3v) is 3.70. The molecule has 2 nitrogen and oxygen atoms in total. The van der Waals surface area contributed by atoms with E-state index in [0.717, 1.165) is 23.0 Å². The van der Waals surface area contributed by atoms with Crippen LogP contribution in [0.3, 0.4) is 0 Å². The molecule has 0 aliphatic carbocycles. The second kappa shape index (κ2) is 6.30. The standard InChI is InChI=1S/C14H17ClN2S/c1-3-4-9-17-13(10-14(16-17)18-2)11-5-7-12(15)8-6-11/h5-8,10H,3-4,9H2,1-2H3. The second-order valence-electron chi connectivity index (χ2n) is 4.16. The third kappa shape index (κ3) is 3.09. The Morgan fingerprint density at radius 3 is 2.61 bits per heavy atom. The molecule has 0 bridgehead atoms. The van der Waals surface area contributed by atoms with Crippen molar-refractivity contribution in [3.05, 3.63) is 35.4 Å². The molecule has 0 aliphatic heterocycles. The van der Waals surface area contributed by atoms with Gasteiger partial charge in [-0.3, -0.25) is 4.68 Å². The van der Waals surface area contributed by atoms with Gasteiger partial charge in [0.25, 0.3) is 0 Å². The minimum atomic E-state index is 0.767. The first-order valence-corrected chi connectivity index (χ1v) is 7.72. The lowest BCUT2D eigenvalue weighted by atomic mass is 10.1. The van der Waals surface area contributed by atoms with Crippen molar-refractivity contribution in [3.8, 4) is 11.3 Å². The number of halogens is 1. The Morgan fingerprint density at radius 1 is 1.28 bits per heavy atom. The largest absolute Gasteiger partial charge is 0.264 e. The average Bonchev–Trinajstić information content (AvgIpc) is 2.80. The Labute approximate surface area is 117 Å². The molecule has 0 amide bonds. The molecule has 96 valence electrons. The van der Waals surface area contributed by atoms with Crippen molar-refractivity contribution in [1.29, 1.82) is 0 Å². The summed E-state index contributed by atoms with van der Waals surface area (Å²) >= 11 is 7.61. The van der Waals surface area contributed by atoms with Gasteiger partial charge in [-0.05, 0) is 36.4 Å². The maximum atomic E-state index is 5.93. The van der Waals surface area contributed by atoms with E-state index in [1.54, 1.807) is 11.8 Å². The van der Waals surface area contributed by atoms with Crippen molar-refractivity contribution in [2.45, 2.75) is 31.3 Å². The Balaban J connectivity index is 2.35. The fourth-order valence-electron chi connectivity index (χ4n) is 1.82. The highest BCUT2D eigenvalue weighted by Crippen LogP contribution is 2.26. The van der Waals surface area contributed by atoms with Gasteiger partial charge in [0, 0.05) is 11.6 Å². The number of benzene rings is 1. The molecule has 4 heteroatoms. The second-order valence-corrected chi connectivity index (χ2v) is 5.42. The number of aryl methyl sites for hydroxylation is 1. The number of hydrogen-bond donors (Lipinski definition) is 0. The zero-order valence-corrected chi connectivity index (χ0v) is 12.3.